The number of piperidine rings is 1. The summed E-state index contributed by atoms with van der Waals surface area (Å²) in [4.78, 5) is 23.8. The number of pyridine rings is 1. The molecule has 3 heterocycles. The molecule has 1 aliphatic carbocycles. The molecule has 1 N–H and O–H groups in total. The number of nitrogens with zero attached hydrogens (tertiary/aromatic N) is 4. The number of likely N-dealkylation sites (tertiary alicyclic amines) is 1. The van der Waals surface area contributed by atoms with Crippen molar-refractivity contribution in [3.8, 4) is 0 Å². The number of carbonyl (C=O) groups is 1. The van der Waals surface area contributed by atoms with Crippen LogP contribution < -0.4 is 5.32 Å². The van der Waals surface area contributed by atoms with Gasteiger partial charge in [0.1, 0.15) is 5.54 Å². The molecule has 6 nitrogen and oxygen atoms in total. The minimum Gasteiger partial charge on any atom is -0.354 e. The summed E-state index contributed by atoms with van der Waals surface area (Å²) < 4.78 is 2.01. The van der Waals surface area contributed by atoms with Gasteiger partial charge in [-0.2, -0.15) is 0 Å². The topological polar surface area (TPSA) is 63.1 Å². The third-order valence-corrected chi connectivity index (χ3v) is 5.37. The summed E-state index contributed by atoms with van der Waals surface area (Å²) in [6.45, 7) is 3.37. The lowest BCUT2D eigenvalue weighted by Crippen LogP contribution is -2.58. The van der Waals surface area contributed by atoms with Gasteiger partial charge in [0.2, 0.25) is 5.91 Å². The van der Waals surface area contributed by atoms with Crippen LogP contribution in [0.3, 0.4) is 0 Å². The molecule has 0 bridgehead atoms. The lowest BCUT2D eigenvalue weighted by Gasteiger charge is -2.42. The van der Waals surface area contributed by atoms with Crippen molar-refractivity contribution in [1.29, 1.82) is 0 Å². The van der Waals surface area contributed by atoms with Crippen LogP contribution in [-0.4, -0.2) is 45.0 Å². The highest BCUT2D eigenvalue weighted by atomic mass is 16.2. The summed E-state index contributed by atoms with van der Waals surface area (Å²) in [7, 11) is 0. The molecular weight excluding hydrogens is 314 g/mol. The van der Waals surface area contributed by atoms with Crippen LogP contribution in [0.2, 0.25) is 0 Å². The molecule has 1 unspecified atom stereocenters. The van der Waals surface area contributed by atoms with Crippen LogP contribution in [-0.2, 0) is 16.9 Å². The highest BCUT2D eigenvalue weighted by Crippen LogP contribution is 2.32. The molecule has 2 fully saturated rings. The van der Waals surface area contributed by atoms with Gasteiger partial charge in [-0.3, -0.25) is 14.7 Å². The number of nitrogens with one attached hydrogen (secondary N) is 1. The van der Waals surface area contributed by atoms with Crippen LogP contribution in [0.1, 0.15) is 31.2 Å². The fourth-order valence-corrected chi connectivity index (χ4v) is 3.75. The molecular formula is C19H25N5O. The van der Waals surface area contributed by atoms with Crippen LogP contribution in [0.15, 0.2) is 43.2 Å². The number of hydrogen-bond acceptors (Lipinski definition) is 4. The molecule has 0 aromatic carbocycles. The van der Waals surface area contributed by atoms with Crippen LogP contribution in [0.5, 0.6) is 0 Å². The van der Waals surface area contributed by atoms with Crippen molar-refractivity contribution in [2.45, 2.75) is 37.8 Å². The predicted octanol–water partition coefficient (Wildman–Crippen LogP) is 1.80. The van der Waals surface area contributed by atoms with Gasteiger partial charge in [0.25, 0.3) is 0 Å². The number of carbonyl (C=O) groups excluding carboxylic acids is 1. The van der Waals surface area contributed by atoms with Crippen molar-refractivity contribution in [3.63, 3.8) is 0 Å². The van der Waals surface area contributed by atoms with Gasteiger partial charge >= 0.3 is 0 Å². The summed E-state index contributed by atoms with van der Waals surface area (Å²) in [6.07, 6.45) is 13.5. The molecule has 1 amide bonds. The van der Waals surface area contributed by atoms with E-state index in [-0.39, 0.29) is 5.91 Å². The summed E-state index contributed by atoms with van der Waals surface area (Å²) >= 11 is 0. The normalized spacial score (nSPS) is 24.2. The summed E-state index contributed by atoms with van der Waals surface area (Å²) in [5.74, 6) is 0.817. The van der Waals surface area contributed by atoms with Crippen molar-refractivity contribution in [3.05, 3.63) is 48.8 Å². The van der Waals surface area contributed by atoms with Crippen molar-refractivity contribution in [2.24, 2.45) is 5.92 Å². The average molecular weight is 339 g/mol. The molecule has 6 heteroatoms. The first kappa shape index (κ1) is 16.3. The zero-order chi connectivity index (χ0) is 17.1. The Hall–Kier alpha value is -2.21. The Morgan fingerprint density at radius 3 is 2.80 bits per heavy atom. The lowest BCUT2D eigenvalue weighted by molar-refractivity contribution is -0.133. The second-order valence-electron chi connectivity index (χ2n) is 7.32. The maximum atomic E-state index is 13.2. The van der Waals surface area contributed by atoms with Crippen LogP contribution in [0.4, 0.5) is 0 Å². The molecule has 132 valence electrons. The van der Waals surface area contributed by atoms with E-state index in [0.29, 0.717) is 12.5 Å². The molecule has 4 rings (SSSR count). The van der Waals surface area contributed by atoms with Crippen molar-refractivity contribution < 1.29 is 4.79 Å². The number of imidazole rings is 1. The summed E-state index contributed by atoms with van der Waals surface area (Å²) in [5, 5.41) is 3.20. The van der Waals surface area contributed by atoms with Gasteiger partial charge in [0, 0.05) is 44.4 Å². The highest BCUT2D eigenvalue weighted by Gasteiger charge is 2.44. The maximum absolute atomic E-state index is 13.2. The van der Waals surface area contributed by atoms with Gasteiger partial charge < -0.3 is 9.88 Å². The maximum Gasteiger partial charge on any atom is 0.247 e. The van der Waals surface area contributed by atoms with Crippen LogP contribution in [0.25, 0.3) is 0 Å². The van der Waals surface area contributed by atoms with Gasteiger partial charge in [-0.1, -0.05) is 0 Å². The standard InChI is InChI=1S/C19H25N5O/c25-18(22-12-16-2-3-16)19(24-11-9-21-15-24)6-1-10-23(14-19)13-17-4-7-20-8-5-17/h4-5,7-9,11,15-16H,1-3,6,10,12-14H2,(H,22,25). The molecule has 1 aliphatic heterocycles. The van der Waals surface area contributed by atoms with Crippen molar-refractivity contribution >= 4 is 5.91 Å². The van der Waals surface area contributed by atoms with Gasteiger partial charge in [-0.25, -0.2) is 4.98 Å². The zero-order valence-corrected chi connectivity index (χ0v) is 14.5. The van der Waals surface area contributed by atoms with Gasteiger partial charge in [-0.15, -0.1) is 0 Å². The third-order valence-electron chi connectivity index (χ3n) is 5.37. The SMILES string of the molecule is O=C(NCC1CC1)C1(n2ccnc2)CCCN(Cc2ccncc2)C1. The smallest absolute Gasteiger partial charge is 0.247 e. The van der Waals surface area contributed by atoms with Gasteiger partial charge in [-0.05, 0) is 55.8 Å². The highest BCUT2D eigenvalue weighted by molar-refractivity contribution is 5.85. The average Bonchev–Trinajstić information content (AvgIpc) is 3.31. The van der Waals surface area contributed by atoms with E-state index in [1.54, 1.807) is 12.5 Å². The fourth-order valence-electron chi connectivity index (χ4n) is 3.75. The van der Waals surface area contributed by atoms with E-state index in [1.807, 2.05) is 35.3 Å². The Morgan fingerprint density at radius 2 is 2.08 bits per heavy atom. The molecule has 2 aliphatic rings. The van der Waals surface area contributed by atoms with E-state index < -0.39 is 5.54 Å². The summed E-state index contributed by atoms with van der Waals surface area (Å²) in [5.41, 5.74) is 0.672. The fraction of sp³-hybridized carbons (Fsp3) is 0.526. The van der Waals surface area contributed by atoms with E-state index in [9.17, 15) is 4.79 Å². The predicted molar refractivity (Wildman–Crippen MR) is 94.7 cm³/mol. The second-order valence-corrected chi connectivity index (χ2v) is 7.32. The number of amides is 1. The first-order valence-corrected chi connectivity index (χ1v) is 9.14. The summed E-state index contributed by atoms with van der Waals surface area (Å²) in [6, 6.07) is 4.08. The first-order chi connectivity index (χ1) is 12.3. The monoisotopic (exact) mass is 339 g/mol. The van der Waals surface area contributed by atoms with E-state index in [0.717, 1.165) is 32.5 Å². The number of hydrogen-bond donors (Lipinski definition) is 1. The molecule has 25 heavy (non-hydrogen) atoms. The van der Waals surface area contributed by atoms with Gasteiger partial charge in [0.05, 0.1) is 6.33 Å². The number of rotatable bonds is 6. The number of aromatic nitrogens is 3. The van der Waals surface area contributed by atoms with E-state index in [2.05, 4.69) is 20.2 Å². The quantitative estimate of drug-likeness (QED) is 0.872. The molecule has 0 spiro atoms. The Balaban J connectivity index is 1.53. The molecule has 1 saturated carbocycles. The third kappa shape index (κ3) is 3.58. The minimum atomic E-state index is -0.559. The van der Waals surface area contributed by atoms with Gasteiger partial charge in [0.15, 0.2) is 0 Å². The molecule has 0 radical (unpaired) electrons. The van der Waals surface area contributed by atoms with Crippen LogP contribution in [0, 0.1) is 5.92 Å². The molecule has 1 atom stereocenters. The molecule has 2 aromatic rings. The largest absolute Gasteiger partial charge is 0.354 e. The first-order valence-electron chi connectivity index (χ1n) is 9.14. The second kappa shape index (κ2) is 6.96. The molecule has 1 saturated heterocycles. The Labute approximate surface area is 148 Å². The van der Waals surface area contributed by atoms with E-state index in [4.69, 9.17) is 0 Å². The van der Waals surface area contributed by atoms with Crippen molar-refractivity contribution in [2.75, 3.05) is 19.6 Å². The Bertz CT molecular complexity index is 698. The Kier molecular flexibility index (Phi) is 4.53. The minimum absolute atomic E-state index is 0.136. The van der Waals surface area contributed by atoms with Crippen molar-refractivity contribution in [1.82, 2.24) is 24.8 Å². The lowest BCUT2D eigenvalue weighted by atomic mass is 9.87. The zero-order valence-electron chi connectivity index (χ0n) is 14.5. The van der Waals surface area contributed by atoms with E-state index in [1.165, 1.54) is 18.4 Å². The van der Waals surface area contributed by atoms with E-state index >= 15 is 0 Å². The molecule has 2 aromatic heterocycles. The van der Waals surface area contributed by atoms with Crippen LogP contribution >= 0.6 is 0 Å². The Morgan fingerprint density at radius 1 is 1.24 bits per heavy atom.